The highest BCUT2D eigenvalue weighted by atomic mass is 32.1. The van der Waals surface area contributed by atoms with E-state index in [4.69, 9.17) is 5.73 Å². The summed E-state index contributed by atoms with van der Waals surface area (Å²) in [6, 6.07) is 0.00520. The summed E-state index contributed by atoms with van der Waals surface area (Å²) in [4.78, 5) is 0. The Morgan fingerprint density at radius 1 is 1.08 bits per heavy atom. The molecule has 74 valence electrons. The maximum atomic E-state index is 5.71. The van der Waals surface area contributed by atoms with Gasteiger partial charge in [-0.05, 0) is 12.8 Å². The van der Waals surface area contributed by atoms with Crippen molar-refractivity contribution < 1.29 is 0 Å². The molecule has 0 spiro atoms. The first-order valence-corrected chi connectivity index (χ1v) is 5.43. The Kier molecular flexibility index (Phi) is 3.39. The van der Waals surface area contributed by atoms with Crippen LogP contribution in [-0.2, 0) is 0 Å². The molecule has 1 aromatic rings. The van der Waals surface area contributed by atoms with E-state index in [9.17, 15) is 0 Å². The average molecular weight is 199 g/mol. The molecule has 0 saturated carbocycles. The third-order valence-electron chi connectivity index (χ3n) is 2.24. The summed E-state index contributed by atoms with van der Waals surface area (Å²) in [6.07, 6.45) is 0. The Labute approximate surface area is 83.4 Å². The predicted molar refractivity (Wildman–Crippen MR) is 55.8 cm³/mol. The first-order valence-electron chi connectivity index (χ1n) is 4.61. The second kappa shape index (κ2) is 4.15. The van der Waals surface area contributed by atoms with Gasteiger partial charge in [-0.25, -0.2) is 0 Å². The van der Waals surface area contributed by atoms with Crippen LogP contribution in [0.3, 0.4) is 0 Å². The van der Waals surface area contributed by atoms with Gasteiger partial charge in [-0.3, -0.25) is 0 Å². The van der Waals surface area contributed by atoms with E-state index < -0.39 is 0 Å². The van der Waals surface area contributed by atoms with Gasteiger partial charge in [-0.2, -0.15) is 0 Å². The van der Waals surface area contributed by atoms with E-state index in [1.807, 2.05) is 6.92 Å². The molecule has 0 bridgehead atoms. The van der Waals surface area contributed by atoms with Gasteiger partial charge in [0.25, 0.3) is 0 Å². The van der Waals surface area contributed by atoms with Crippen LogP contribution >= 0.6 is 11.3 Å². The highest BCUT2D eigenvalue weighted by Gasteiger charge is 2.16. The lowest BCUT2D eigenvalue weighted by atomic mass is 9.99. The second-order valence-electron chi connectivity index (χ2n) is 3.80. The molecule has 2 N–H and O–H groups in total. The first-order chi connectivity index (χ1) is 6.02. The summed E-state index contributed by atoms with van der Waals surface area (Å²) >= 11 is 1.63. The quantitative estimate of drug-likeness (QED) is 0.812. The van der Waals surface area contributed by atoms with Gasteiger partial charge >= 0.3 is 0 Å². The van der Waals surface area contributed by atoms with Crippen LogP contribution < -0.4 is 5.73 Å². The minimum Gasteiger partial charge on any atom is -0.322 e. The number of rotatable bonds is 3. The molecule has 0 aliphatic rings. The average Bonchev–Trinajstić information content (AvgIpc) is 2.50. The number of nitrogens with two attached hydrogens (primary N) is 1. The summed E-state index contributed by atoms with van der Waals surface area (Å²) in [5.41, 5.74) is 5.71. The molecule has 4 heteroatoms. The molecule has 2 atom stereocenters. The second-order valence-corrected chi connectivity index (χ2v) is 4.84. The largest absolute Gasteiger partial charge is 0.322 e. The number of hydrogen-bond donors (Lipinski definition) is 1. The van der Waals surface area contributed by atoms with Crippen molar-refractivity contribution in [3.05, 3.63) is 10.0 Å². The van der Waals surface area contributed by atoms with E-state index in [0.29, 0.717) is 11.8 Å². The third kappa shape index (κ3) is 2.48. The fourth-order valence-corrected chi connectivity index (χ4v) is 1.92. The zero-order valence-electron chi connectivity index (χ0n) is 8.61. The van der Waals surface area contributed by atoms with Crippen LogP contribution in [0, 0.1) is 5.92 Å². The zero-order chi connectivity index (χ0) is 10.0. The van der Waals surface area contributed by atoms with Crippen molar-refractivity contribution in [3.63, 3.8) is 0 Å². The third-order valence-corrected chi connectivity index (χ3v) is 3.56. The Morgan fingerprint density at radius 2 is 1.62 bits per heavy atom. The van der Waals surface area contributed by atoms with Crippen LogP contribution in [0.25, 0.3) is 0 Å². The fraction of sp³-hybridized carbons (Fsp3) is 0.778. The van der Waals surface area contributed by atoms with E-state index in [1.165, 1.54) is 0 Å². The van der Waals surface area contributed by atoms with Crippen LogP contribution in [-0.4, -0.2) is 10.2 Å². The van der Waals surface area contributed by atoms with Gasteiger partial charge in [0.2, 0.25) is 0 Å². The molecular weight excluding hydrogens is 182 g/mol. The van der Waals surface area contributed by atoms with Gasteiger partial charge in [0.1, 0.15) is 10.0 Å². The predicted octanol–water partition coefficient (Wildman–Crippen LogP) is 2.32. The van der Waals surface area contributed by atoms with Crippen molar-refractivity contribution in [2.45, 2.75) is 39.7 Å². The van der Waals surface area contributed by atoms with Crippen LogP contribution in [0.2, 0.25) is 0 Å². The minimum absolute atomic E-state index is 0.00520. The Hall–Kier alpha value is -0.480. The van der Waals surface area contributed by atoms with E-state index in [-0.39, 0.29) is 6.04 Å². The highest BCUT2D eigenvalue weighted by molar-refractivity contribution is 7.11. The van der Waals surface area contributed by atoms with Gasteiger partial charge < -0.3 is 5.73 Å². The Balaban J connectivity index is 2.79. The molecule has 2 unspecified atom stereocenters. The Bertz CT molecular complexity index is 268. The molecule has 0 amide bonds. The van der Waals surface area contributed by atoms with Crippen molar-refractivity contribution in [3.8, 4) is 0 Å². The molecule has 0 aliphatic carbocycles. The van der Waals surface area contributed by atoms with E-state index in [0.717, 1.165) is 10.0 Å². The number of aromatic nitrogens is 2. The van der Waals surface area contributed by atoms with Gasteiger partial charge in [0, 0.05) is 5.92 Å². The summed E-state index contributed by atoms with van der Waals surface area (Å²) in [5.74, 6) is 1.08. The molecule has 0 aliphatic heterocycles. The summed E-state index contributed by atoms with van der Waals surface area (Å²) in [7, 11) is 0. The smallest absolute Gasteiger partial charge is 0.133 e. The van der Waals surface area contributed by atoms with Crippen molar-refractivity contribution in [1.82, 2.24) is 10.2 Å². The molecule has 13 heavy (non-hydrogen) atoms. The maximum absolute atomic E-state index is 5.71. The summed E-state index contributed by atoms with van der Waals surface area (Å²) < 4.78 is 0. The normalized spacial score (nSPS) is 16.2. The van der Waals surface area contributed by atoms with E-state index in [1.54, 1.807) is 11.3 Å². The summed E-state index contributed by atoms with van der Waals surface area (Å²) in [5, 5.41) is 10.2. The van der Waals surface area contributed by atoms with Crippen molar-refractivity contribution in [2.75, 3.05) is 0 Å². The SMILES string of the molecule is CC(N)c1nnc(C(C)C(C)C)s1. The molecule has 0 saturated heterocycles. The van der Waals surface area contributed by atoms with Gasteiger partial charge in [-0.15, -0.1) is 10.2 Å². The van der Waals surface area contributed by atoms with Crippen LogP contribution in [0.1, 0.15) is 49.7 Å². The molecule has 1 rings (SSSR count). The molecule has 1 aromatic heterocycles. The topological polar surface area (TPSA) is 51.8 Å². The molecule has 0 aromatic carbocycles. The van der Waals surface area contributed by atoms with Gasteiger partial charge in [0.15, 0.2) is 0 Å². The fourth-order valence-electron chi connectivity index (χ4n) is 0.900. The first kappa shape index (κ1) is 10.6. The van der Waals surface area contributed by atoms with Crippen LogP contribution in [0.15, 0.2) is 0 Å². The van der Waals surface area contributed by atoms with Crippen molar-refractivity contribution >= 4 is 11.3 Å². The molecule has 1 heterocycles. The molecule has 3 nitrogen and oxygen atoms in total. The van der Waals surface area contributed by atoms with E-state index in [2.05, 4.69) is 31.0 Å². The molecular formula is C9H17N3S. The molecule has 0 fully saturated rings. The monoisotopic (exact) mass is 199 g/mol. The van der Waals surface area contributed by atoms with Gasteiger partial charge in [-0.1, -0.05) is 32.1 Å². The van der Waals surface area contributed by atoms with Crippen molar-refractivity contribution in [1.29, 1.82) is 0 Å². The molecule has 0 radical (unpaired) electrons. The minimum atomic E-state index is 0.00520. The van der Waals surface area contributed by atoms with Crippen molar-refractivity contribution in [2.24, 2.45) is 11.7 Å². The van der Waals surface area contributed by atoms with Crippen LogP contribution in [0.4, 0.5) is 0 Å². The lowest BCUT2D eigenvalue weighted by Crippen LogP contribution is -2.03. The van der Waals surface area contributed by atoms with E-state index >= 15 is 0 Å². The Morgan fingerprint density at radius 3 is 2.00 bits per heavy atom. The zero-order valence-corrected chi connectivity index (χ0v) is 9.43. The summed E-state index contributed by atoms with van der Waals surface area (Å²) in [6.45, 7) is 8.50. The number of hydrogen-bond acceptors (Lipinski definition) is 4. The lowest BCUT2D eigenvalue weighted by molar-refractivity contribution is 0.529. The standard InChI is InChI=1S/C9H17N3S/c1-5(2)6(3)8-11-12-9(13-8)7(4)10/h5-7H,10H2,1-4H3. The number of nitrogens with zero attached hydrogens (tertiary/aromatic N) is 2. The lowest BCUT2D eigenvalue weighted by Gasteiger charge is -2.10. The highest BCUT2D eigenvalue weighted by Crippen LogP contribution is 2.27. The van der Waals surface area contributed by atoms with Gasteiger partial charge in [0.05, 0.1) is 6.04 Å². The maximum Gasteiger partial charge on any atom is 0.133 e. The van der Waals surface area contributed by atoms with Crippen LogP contribution in [0.5, 0.6) is 0 Å².